The smallest absolute Gasteiger partial charge is 0.0860 e. The van der Waals surface area contributed by atoms with Gasteiger partial charge in [-0.25, -0.2) is 0 Å². The molecule has 0 aliphatic carbocycles. The first kappa shape index (κ1) is 16.4. The normalized spacial score (nSPS) is 12.9. The van der Waals surface area contributed by atoms with Gasteiger partial charge in [-0.3, -0.25) is 9.58 Å². The monoisotopic (exact) mass is 302 g/mol. The van der Waals surface area contributed by atoms with Gasteiger partial charge in [0.15, 0.2) is 0 Å². The molecule has 0 saturated carbocycles. The zero-order chi connectivity index (χ0) is 14.6. The van der Waals surface area contributed by atoms with E-state index in [0.29, 0.717) is 4.99 Å². The highest BCUT2D eigenvalue weighted by Crippen LogP contribution is 2.22. The van der Waals surface area contributed by atoms with E-state index in [0.717, 1.165) is 42.6 Å². The lowest BCUT2D eigenvalue weighted by Crippen LogP contribution is -2.34. The van der Waals surface area contributed by atoms with Gasteiger partial charge in [0.2, 0.25) is 0 Å². The standard InChI is InChI=1S/C13H23ClN4S/c1-5-17(7-9(3)13(15)19)8-11-12(14)10(4)16-18(11)6-2/h9H,5-8H2,1-4H3,(H2,15,19). The summed E-state index contributed by atoms with van der Waals surface area (Å²) in [6, 6.07) is 0. The molecular weight excluding hydrogens is 280 g/mol. The van der Waals surface area contributed by atoms with Gasteiger partial charge < -0.3 is 5.73 Å². The summed E-state index contributed by atoms with van der Waals surface area (Å²) in [5.41, 5.74) is 7.64. The maximum absolute atomic E-state index is 6.33. The van der Waals surface area contributed by atoms with Crippen molar-refractivity contribution < 1.29 is 0 Å². The highest BCUT2D eigenvalue weighted by Gasteiger charge is 2.17. The largest absolute Gasteiger partial charge is 0.393 e. The van der Waals surface area contributed by atoms with Crippen LogP contribution in [0.3, 0.4) is 0 Å². The van der Waals surface area contributed by atoms with E-state index in [4.69, 9.17) is 29.6 Å². The molecule has 1 aromatic rings. The molecule has 1 atom stereocenters. The third-order valence-electron chi connectivity index (χ3n) is 3.29. The Morgan fingerprint density at radius 3 is 2.63 bits per heavy atom. The molecule has 19 heavy (non-hydrogen) atoms. The van der Waals surface area contributed by atoms with Crippen LogP contribution in [0.1, 0.15) is 32.2 Å². The fourth-order valence-electron chi connectivity index (χ4n) is 2.01. The first-order chi connectivity index (χ1) is 8.90. The van der Waals surface area contributed by atoms with E-state index in [9.17, 15) is 0 Å². The van der Waals surface area contributed by atoms with Crippen LogP contribution in [-0.4, -0.2) is 32.8 Å². The molecule has 0 saturated heterocycles. The quantitative estimate of drug-likeness (QED) is 0.787. The first-order valence-corrected chi connectivity index (χ1v) is 7.42. The van der Waals surface area contributed by atoms with Crippen molar-refractivity contribution in [2.75, 3.05) is 13.1 Å². The summed E-state index contributed by atoms with van der Waals surface area (Å²) in [4.78, 5) is 2.85. The Kier molecular flexibility index (Phi) is 6.23. The molecule has 6 heteroatoms. The minimum Gasteiger partial charge on any atom is -0.393 e. The van der Waals surface area contributed by atoms with Crippen LogP contribution in [0.2, 0.25) is 5.02 Å². The summed E-state index contributed by atoms with van der Waals surface area (Å²) in [7, 11) is 0. The Morgan fingerprint density at radius 1 is 1.53 bits per heavy atom. The zero-order valence-corrected chi connectivity index (χ0v) is 13.7. The van der Waals surface area contributed by atoms with Crippen molar-refractivity contribution >= 4 is 28.8 Å². The van der Waals surface area contributed by atoms with Gasteiger partial charge in [-0.15, -0.1) is 0 Å². The third kappa shape index (κ3) is 4.16. The molecule has 0 bridgehead atoms. The number of nitrogens with two attached hydrogens (primary N) is 1. The van der Waals surface area contributed by atoms with Crippen LogP contribution in [-0.2, 0) is 13.1 Å². The highest BCUT2D eigenvalue weighted by atomic mass is 35.5. The number of thiocarbonyl (C=S) groups is 1. The Bertz CT molecular complexity index is 444. The van der Waals surface area contributed by atoms with Gasteiger partial charge in [0.05, 0.1) is 21.4 Å². The maximum Gasteiger partial charge on any atom is 0.0860 e. The molecule has 1 rings (SSSR count). The molecule has 108 valence electrons. The fourth-order valence-corrected chi connectivity index (χ4v) is 2.28. The van der Waals surface area contributed by atoms with Crippen molar-refractivity contribution in [1.82, 2.24) is 14.7 Å². The van der Waals surface area contributed by atoms with E-state index < -0.39 is 0 Å². The van der Waals surface area contributed by atoms with Gasteiger partial charge in [-0.1, -0.05) is 37.7 Å². The van der Waals surface area contributed by atoms with E-state index >= 15 is 0 Å². The molecule has 0 aliphatic rings. The van der Waals surface area contributed by atoms with Crippen molar-refractivity contribution in [2.24, 2.45) is 11.7 Å². The Balaban J connectivity index is 2.84. The average molecular weight is 303 g/mol. The first-order valence-electron chi connectivity index (χ1n) is 6.64. The second-order valence-corrected chi connectivity index (χ2v) is 5.64. The van der Waals surface area contributed by atoms with Crippen LogP contribution in [0.5, 0.6) is 0 Å². The van der Waals surface area contributed by atoms with Gasteiger partial charge >= 0.3 is 0 Å². The molecule has 1 aromatic heterocycles. The Hall–Kier alpha value is -0.650. The number of nitrogens with zero attached hydrogens (tertiary/aromatic N) is 3. The van der Waals surface area contributed by atoms with Crippen molar-refractivity contribution in [3.8, 4) is 0 Å². The predicted octanol–water partition coefficient (Wildman–Crippen LogP) is 2.61. The van der Waals surface area contributed by atoms with Crippen LogP contribution < -0.4 is 5.73 Å². The summed E-state index contributed by atoms with van der Waals surface area (Å²) in [6.07, 6.45) is 0. The van der Waals surface area contributed by atoms with E-state index in [2.05, 4.69) is 30.8 Å². The van der Waals surface area contributed by atoms with Gasteiger partial charge in [0.1, 0.15) is 0 Å². The molecular formula is C13H23ClN4S. The molecule has 4 nitrogen and oxygen atoms in total. The average Bonchev–Trinajstić information content (AvgIpc) is 2.64. The molecule has 0 fully saturated rings. The van der Waals surface area contributed by atoms with Crippen LogP contribution >= 0.6 is 23.8 Å². The number of rotatable bonds is 7. The van der Waals surface area contributed by atoms with Gasteiger partial charge in [0, 0.05) is 25.6 Å². The second-order valence-electron chi connectivity index (χ2n) is 4.79. The molecule has 0 aliphatic heterocycles. The lowest BCUT2D eigenvalue weighted by Gasteiger charge is -2.24. The number of hydrogen-bond acceptors (Lipinski definition) is 3. The number of halogens is 1. The van der Waals surface area contributed by atoms with Crippen LogP contribution in [0.15, 0.2) is 0 Å². The van der Waals surface area contributed by atoms with E-state index in [-0.39, 0.29) is 5.92 Å². The van der Waals surface area contributed by atoms with Crippen LogP contribution in [0, 0.1) is 12.8 Å². The van der Waals surface area contributed by atoms with Crippen molar-refractivity contribution in [3.05, 3.63) is 16.4 Å². The summed E-state index contributed by atoms with van der Waals surface area (Å²) >= 11 is 11.4. The van der Waals surface area contributed by atoms with Crippen molar-refractivity contribution in [1.29, 1.82) is 0 Å². The lowest BCUT2D eigenvalue weighted by molar-refractivity contribution is 0.256. The molecule has 1 heterocycles. The molecule has 0 radical (unpaired) electrons. The fraction of sp³-hybridized carbons (Fsp3) is 0.692. The lowest BCUT2D eigenvalue weighted by atomic mass is 10.1. The van der Waals surface area contributed by atoms with Crippen LogP contribution in [0.4, 0.5) is 0 Å². The van der Waals surface area contributed by atoms with Gasteiger partial charge in [0.25, 0.3) is 0 Å². The third-order valence-corrected chi connectivity index (χ3v) is 4.19. The van der Waals surface area contributed by atoms with Crippen molar-refractivity contribution in [3.63, 3.8) is 0 Å². The summed E-state index contributed by atoms with van der Waals surface area (Å²) in [5, 5.41) is 5.20. The van der Waals surface area contributed by atoms with Gasteiger partial charge in [-0.2, -0.15) is 5.10 Å². The van der Waals surface area contributed by atoms with E-state index in [1.165, 1.54) is 0 Å². The maximum atomic E-state index is 6.33. The summed E-state index contributed by atoms with van der Waals surface area (Å²) in [5.74, 6) is 0.202. The summed E-state index contributed by atoms with van der Waals surface area (Å²) in [6.45, 7) is 11.6. The predicted molar refractivity (Wildman–Crippen MR) is 84.5 cm³/mol. The SMILES string of the molecule is CCN(Cc1c(Cl)c(C)nn1CC)CC(C)C(N)=S. The summed E-state index contributed by atoms with van der Waals surface area (Å²) < 4.78 is 1.96. The zero-order valence-electron chi connectivity index (χ0n) is 12.1. The molecule has 2 N–H and O–H groups in total. The highest BCUT2D eigenvalue weighted by molar-refractivity contribution is 7.80. The number of aryl methyl sites for hydroxylation is 2. The minimum absolute atomic E-state index is 0.202. The number of hydrogen-bond donors (Lipinski definition) is 1. The van der Waals surface area contributed by atoms with Gasteiger partial charge in [-0.05, 0) is 20.4 Å². The molecule has 0 spiro atoms. The Morgan fingerprint density at radius 2 is 2.16 bits per heavy atom. The molecule has 0 aromatic carbocycles. The second kappa shape index (κ2) is 7.22. The molecule has 0 amide bonds. The number of aromatic nitrogens is 2. The minimum atomic E-state index is 0.202. The van der Waals surface area contributed by atoms with Crippen molar-refractivity contribution in [2.45, 2.75) is 40.8 Å². The van der Waals surface area contributed by atoms with E-state index in [1.54, 1.807) is 0 Å². The topological polar surface area (TPSA) is 47.1 Å². The van der Waals surface area contributed by atoms with E-state index in [1.807, 2.05) is 11.6 Å². The Labute approximate surface area is 125 Å². The molecule has 1 unspecified atom stereocenters. The van der Waals surface area contributed by atoms with Crippen LogP contribution in [0.25, 0.3) is 0 Å².